The maximum atomic E-state index is 12.7. The lowest BCUT2D eigenvalue weighted by molar-refractivity contribution is 0.00880. The van der Waals surface area contributed by atoms with Gasteiger partial charge in [0, 0.05) is 64.3 Å². The highest BCUT2D eigenvalue weighted by atomic mass is 16.6. The third-order valence-corrected chi connectivity index (χ3v) is 10.3. The topological polar surface area (TPSA) is 85.2 Å². The number of carbonyl (C=O) groups excluding carboxylic acids is 1. The Labute approximate surface area is 313 Å². The summed E-state index contributed by atoms with van der Waals surface area (Å²) in [6.07, 6.45) is 0.810. The fourth-order valence-corrected chi connectivity index (χ4v) is 7.48. The fraction of sp³-hybridized carbons (Fsp3) is 0.419. The Balaban J connectivity index is 1.05. The van der Waals surface area contributed by atoms with Crippen LogP contribution in [-0.4, -0.2) is 82.1 Å². The molecule has 2 aromatic heterocycles. The van der Waals surface area contributed by atoms with Gasteiger partial charge in [0.1, 0.15) is 24.5 Å². The fourth-order valence-electron chi connectivity index (χ4n) is 7.48. The van der Waals surface area contributed by atoms with Crippen LogP contribution >= 0.6 is 0 Å². The minimum absolute atomic E-state index is 0.194. The van der Waals surface area contributed by atoms with E-state index in [1.807, 2.05) is 110 Å². The molecule has 5 aromatic rings. The number of piperidine rings is 1. The van der Waals surface area contributed by atoms with Gasteiger partial charge in [-0.3, -0.25) is 9.58 Å². The van der Waals surface area contributed by atoms with Crippen molar-refractivity contribution in [1.82, 2.24) is 24.6 Å². The van der Waals surface area contributed by atoms with Gasteiger partial charge in [-0.05, 0) is 62.3 Å². The average Bonchev–Trinajstić information content (AvgIpc) is 3.50. The second-order valence-corrected chi connectivity index (χ2v) is 15.4. The monoisotopic (exact) mass is 716 g/mol. The number of amides is 1. The lowest BCUT2D eigenvalue weighted by atomic mass is 9.86. The minimum atomic E-state index is -0.473. The number of para-hydroxylation sites is 1. The molecule has 3 aromatic carbocycles. The number of pyridine rings is 1. The number of aryl methyl sites for hydroxylation is 1. The summed E-state index contributed by atoms with van der Waals surface area (Å²) in [7, 11) is 2.02. The third kappa shape index (κ3) is 8.76. The first-order valence-electron chi connectivity index (χ1n) is 18.9. The maximum Gasteiger partial charge on any atom is 0.410 e. The van der Waals surface area contributed by atoms with Crippen LogP contribution in [0.2, 0.25) is 0 Å². The predicted molar refractivity (Wildman–Crippen MR) is 209 cm³/mol. The summed E-state index contributed by atoms with van der Waals surface area (Å²) in [4.78, 5) is 24.5. The van der Waals surface area contributed by atoms with Crippen molar-refractivity contribution in [1.29, 1.82) is 0 Å². The van der Waals surface area contributed by atoms with Gasteiger partial charge in [0.2, 0.25) is 11.8 Å². The molecular weight excluding hydrogens is 665 g/mol. The number of rotatable bonds is 10. The highest BCUT2D eigenvalue weighted by Gasteiger charge is 2.33. The van der Waals surface area contributed by atoms with Crippen LogP contribution in [0.4, 0.5) is 10.5 Å². The third-order valence-electron chi connectivity index (χ3n) is 10.3. The number of nitrogens with zero attached hydrogens (tertiary/aromatic N) is 6. The van der Waals surface area contributed by atoms with Crippen molar-refractivity contribution in [3.05, 3.63) is 102 Å². The van der Waals surface area contributed by atoms with Crippen LogP contribution < -0.4 is 14.4 Å². The first kappa shape index (κ1) is 36.3. The predicted octanol–water partition coefficient (Wildman–Crippen LogP) is 7.81. The van der Waals surface area contributed by atoms with Crippen LogP contribution in [0, 0.1) is 11.8 Å². The number of piperazine rings is 1. The van der Waals surface area contributed by atoms with Crippen LogP contribution in [0.25, 0.3) is 22.2 Å². The molecule has 0 N–H and O–H groups in total. The van der Waals surface area contributed by atoms with Crippen molar-refractivity contribution in [3.63, 3.8) is 0 Å². The first-order valence-corrected chi connectivity index (χ1v) is 18.9. The first-order chi connectivity index (χ1) is 25.6. The van der Waals surface area contributed by atoms with Crippen LogP contribution in [0.1, 0.15) is 45.2 Å². The van der Waals surface area contributed by atoms with Crippen molar-refractivity contribution in [2.75, 3.05) is 50.7 Å². The quantitative estimate of drug-likeness (QED) is 0.145. The number of ether oxygens (including phenoxy) is 3. The van der Waals surface area contributed by atoms with Crippen LogP contribution in [0.15, 0.2) is 91.0 Å². The molecule has 0 radical (unpaired) electrons. The number of aromatic nitrogens is 3. The van der Waals surface area contributed by atoms with Crippen molar-refractivity contribution in [2.24, 2.45) is 18.9 Å². The summed E-state index contributed by atoms with van der Waals surface area (Å²) in [5, 5.41) is 6.13. The molecule has 2 aliphatic rings. The average molecular weight is 717 g/mol. The Morgan fingerprint density at radius 2 is 1.49 bits per heavy atom. The van der Waals surface area contributed by atoms with E-state index in [4.69, 9.17) is 24.3 Å². The second kappa shape index (κ2) is 15.9. The molecule has 0 bridgehead atoms. The Morgan fingerprint density at radius 1 is 0.811 bits per heavy atom. The molecule has 10 nitrogen and oxygen atoms in total. The highest BCUT2D eigenvalue weighted by Crippen LogP contribution is 2.38. The zero-order chi connectivity index (χ0) is 37.0. The number of carbonyl (C=O) groups is 1. The van der Waals surface area contributed by atoms with Crippen molar-refractivity contribution < 1.29 is 19.0 Å². The van der Waals surface area contributed by atoms with E-state index in [9.17, 15) is 4.79 Å². The summed E-state index contributed by atoms with van der Waals surface area (Å²) >= 11 is 0. The van der Waals surface area contributed by atoms with Gasteiger partial charge < -0.3 is 24.0 Å². The molecule has 0 spiro atoms. The number of hydrogen-bond donors (Lipinski definition) is 0. The van der Waals surface area contributed by atoms with Crippen molar-refractivity contribution >= 4 is 22.7 Å². The number of hydrogen-bond acceptors (Lipinski definition) is 8. The molecular formula is C43H52N6O4. The lowest BCUT2D eigenvalue weighted by Gasteiger charge is -2.42. The van der Waals surface area contributed by atoms with Gasteiger partial charge in [-0.2, -0.15) is 10.1 Å². The molecule has 2 atom stereocenters. The molecule has 2 fully saturated rings. The van der Waals surface area contributed by atoms with E-state index in [2.05, 4.69) is 34.9 Å². The van der Waals surface area contributed by atoms with E-state index < -0.39 is 5.60 Å². The summed E-state index contributed by atoms with van der Waals surface area (Å²) in [5.41, 5.74) is 5.60. The van der Waals surface area contributed by atoms with E-state index in [1.54, 1.807) is 0 Å². The number of anilines is 1. The van der Waals surface area contributed by atoms with Crippen molar-refractivity contribution in [3.8, 4) is 23.0 Å². The molecule has 278 valence electrons. The summed E-state index contributed by atoms with van der Waals surface area (Å²) in [6, 6.07) is 30.6. The van der Waals surface area contributed by atoms with Crippen LogP contribution in [0.5, 0.6) is 11.8 Å². The van der Waals surface area contributed by atoms with Gasteiger partial charge in [-0.25, -0.2) is 4.79 Å². The molecule has 2 saturated heterocycles. The van der Waals surface area contributed by atoms with Crippen LogP contribution in [0.3, 0.4) is 0 Å². The SMILES string of the molecule is C[C@H]1CN(C(=O)OC(C)(C)C)CC[C@@H]1CN1CCN(c2cccc3c(-c4ccc(OCc5ccccc5)nc4OCc4ccccc4)nn(C)c23)CC1. The Hall–Kier alpha value is -5.09. The van der Waals surface area contributed by atoms with E-state index in [0.717, 1.165) is 85.5 Å². The summed E-state index contributed by atoms with van der Waals surface area (Å²) in [6.45, 7) is 15.3. The van der Waals surface area contributed by atoms with Crippen molar-refractivity contribution in [2.45, 2.75) is 52.9 Å². The number of fused-ring (bicyclic) bond motifs is 1. The van der Waals surface area contributed by atoms with Gasteiger partial charge in [-0.15, -0.1) is 0 Å². The molecule has 0 saturated carbocycles. The largest absolute Gasteiger partial charge is 0.473 e. The maximum absolute atomic E-state index is 12.7. The summed E-state index contributed by atoms with van der Waals surface area (Å²) in [5.74, 6) is 1.98. The Bertz CT molecular complexity index is 1990. The van der Waals surface area contributed by atoms with Gasteiger partial charge in [0.25, 0.3) is 0 Å². The molecule has 10 heteroatoms. The minimum Gasteiger partial charge on any atom is -0.473 e. The highest BCUT2D eigenvalue weighted by molar-refractivity contribution is 6.01. The van der Waals surface area contributed by atoms with Gasteiger partial charge in [0.15, 0.2) is 0 Å². The molecule has 53 heavy (non-hydrogen) atoms. The number of benzene rings is 3. The number of likely N-dealkylation sites (tertiary alicyclic amines) is 1. The van der Waals surface area contributed by atoms with E-state index >= 15 is 0 Å². The normalized spacial score (nSPS) is 18.3. The smallest absolute Gasteiger partial charge is 0.410 e. The molecule has 0 unspecified atom stereocenters. The van der Waals surface area contributed by atoms with Gasteiger partial charge in [0.05, 0.1) is 16.8 Å². The van der Waals surface area contributed by atoms with Gasteiger partial charge in [-0.1, -0.05) is 79.7 Å². The zero-order valence-electron chi connectivity index (χ0n) is 31.7. The molecule has 1 amide bonds. The molecule has 0 aliphatic carbocycles. The summed E-state index contributed by atoms with van der Waals surface area (Å²) < 4.78 is 20.2. The lowest BCUT2D eigenvalue weighted by Crippen LogP contribution is -2.51. The van der Waals surface area contributed by atoms with E-state index in [1.165, 1.54) is 5.69 Å². The van der Waals surface area contributed by atoms with E-state index in [-0.39, 0.29) is 6.09 Å². The van der Waals surface area contributed by atoms with E-state index in [0.29, 0.717) is 36.8 Å². The standard InChI is InChI=1S/C43H52N6O4/c1-31-27-49(42(50)53-43(2,3)4)22-21-34(31)28-47-23-25-48(26-24-47)37-18-12-17-35-39(45-46(5)40(35)37)36-19-20-38(51-29-32-13-8-6-9-14-32)44-41(36)52-30-33-15-10-7-11-16-33/h6-20,31,34H,21-30H2,1-5H3/t31-,34+/m0/s1. The zero-order valence-corrected chi connectivity index (χ0v) is 31.7. The van der Waals surface area contributed by atoms with Crippen LogP contribution in [-0.2, 0) is 25.0 Å². The molecule has 2 aliphatic heterocycles. The Morgan fingerprint density at radius 3 is 2.15 bits per heavy atom. The molecule has 7 rings (SSSR count). The second-order valence-electron chi connectivity index (χ2n) is 15.4. The Kier molecular flexibility index (Phi) is 10.9. The van der Waals surface area contributed by atoms with Gasteiger partial charge >= 0.3 is 6.09 Å². The molecule has 4 heterocycles.